The average molecular weight is 597 g/mol. The molecule has 10 heteroatoms. The van der Waals surface area contributed by atoms with Crippen LogP contribution in [0.1, 0.15) is 38.1 Å². The molecular formula is C30H27Cl2N3O4S. The number of aromatic nitrogens is 1. The first-order valence-electron chi connectivity index (χ1n) is 12.8. The Labute approximate surface area is 245 Å². The molecule has 1 amide bonds. The Morgan fingerprint density at radius 3 is 2.60 bits per heavy atom. The number of carbonyl (C=O) groups is 1. The first-order chi connectivity index (χ1) is 19.3. The first kappa shape index (κ1) is 28.0. The van der Waals surface area contributed by atoms with Crippen LogP contribution in [-0.4, -0.2) is 35.6 Å². The summed E-state index contributed by atoms with van der Waals surface area (Å²) in [6.45, 7) is 6.74. The molecule has 0 aliphatic carbocycles. The number of amides is 1. The molecule has 3 heterocycles. The minimum absolute atomic E-state index is 0.160. The van der Waals surface area contributed by atoms with E-state index in [1.165, 1.54) is 11.3 Å². The van der Waals surface area contributed by atoms with Gasteiger partial charge in [-0.2, -0.15) is 0 Å². The molecule has 2 aromatic heterocycles. The number of thiazole rings is 1. The van der Waals surface area contributed by atoms with Crippen LogP contribution in [0.5, 0.6) is 5.75 Å². The van der Waals surface area contributed by atoms with Crippen LogP contribution < -0.4 is 19.6 Å². The molecule has 0 unspecified atom stereocenters. The Hall–Kier alpha value is -3.59. The van der Waals surface area contributed by atoms with E-state index >= 15 is 0 Å². The monoisotopic (exact) mass is 595 g/mol. The maximum Gasteiger partial charge on any atom is 0.271 e. The molecule has 1 aliphatic rings. The fourth-order valence-corrected chi connectivity index (χ4v) is 6.38. The Morgan fingerprint density at radius 2 is 1.90 bits per heavy atom. The number of benzene rings is 2. The number of nitrogens with zero attached hydrogens (tertiary/aromatic N) is 3. The molecule has 40 heavy (non-hydrogen) atoms. The van der Waals surface area contributed by atoms with E-state index in [1.54, 1.807) is 53.0 Å². The van der Waals surface area contributed by atoms with Crippen LogP contribution in [0.4, 0.5) is 0 Å². The lowest BCUT2D eigenvalue weighted by atomic mass is 9.94. The molecule has 1 aliphatic heterocycles. The minimum Gasteiger partial charge on any atom is -0.496 e. The summed E-state index contributed by atoms with van der Waals surface area (Å²) >= 11 is 13.6. The van der Waals surface area contributed by atoms with E-state index in [2.05, 4.69) is 0 Å². The Balaban J connectivity index is 1.67. The molecular weight excluding hydrogens is 569 g/mol. The maximum atomic E-state index is 14.0. The Morgan fingerprint density at radius 1 is 1.15 bits per heavy atom. The predicted octanol–water partition coefficient (Wildman–Crippen LogP) is 5.68. The summed E-state index contributed by atoms with van der Waals surface area (Å²) in [5.74, 6) is 1.45. The van der Waals surface area contributed by atoms with Gasteiger partial charge in [0.25, 0.3) is 11.5 Å². The summed E-state index contributed by atoms with van der Waals surface area (Å²) in [5, 5.41) is 0.992. The summed E-state index contributed by atoms with van der Waals surface area (Å²) in [6, 6.07) is 15.5. The van der Waals surface area contributed by atoms with Crippen LogP contribution in [0.2, 0.25) is 10.0 Å². The van der Waals surface area contributed by atoms with Gasteiger partial charge < -0.3 is 14.1 Å². The topological polar surface area (TPSA) is 77.0 Å². The smallest absolute Gasteiger partial charge is 0.271 e. The number of halogens is 2. The number of rotatable bonds is 7. The molecule has 206 valence electrons. The van der Waals surface area contributed by atoms with Gasteiger partial charge in [0.1, 0.15) is 23.3 Å². The van der Waals surface area contributed by atoms with Crippen LogP contribution in [0.3, 0.4) is 0 Å². The standard InChI is InChI=1S/C30H27Cl2N3O4S/c1-5-34(6-2)29(37)26-17(3)33-30-35(27(26)21-9-7-8-10-23(21)38-4)28(36)25(40-30)16-19-12-14-24(39-19)20-13-11-18(31)15-22(20)32/h7-16,27H,5-6H2,1-4H3/b25-16+/t27-/m0/s1. The van der Waals surface area contributed by atoms with Crippen molar-refractivity contribution in [3.05, 3.63) is 107 Å². The second-order valence-electron chi connectivity index (χ2n) is 9.13. The van der Waals surface area contributed by atoms with Crippen LogP contribution in [0, 0.1) is 0 Å². The van der Waals surface area contributed by atoms with Crippen molar-refractivity contribution in [3.63, 3.8) is 0 Å². The lowest BCUT2D eigenvalue weighted by Gasteiger charge is -2.29. The maximum absolute atomic E-state index is 14.0. The van der Waals surface area contributed by atoms with Gasteiger partial charge in [0, 0.05) is 35.3 Å². The van der Waals surface area contributed by atoms with E-state index in [-0.39, 0.29) is 11.5 Å². The van der Waals surface area contributed by atoms with Gasteiger partial charge in [0.2, 0.25) is 0 Å². The van der Waals surface area contributed by atoms with Gasteiger partial charge in [-0.3, -0.25) is 14.2 Å². The second-order valence-corrected chi connectivity index (χ2v) is 11.0. The normalized spacial score (nSPS) is 15.2. The molecule has 5 rings (SSSR count). The number of allylic oxidation sites excluding steroid dienone is 1. The summed E-state index contributed by atoms with van der Waals surface area (Å²) in [5.41, 5.74) is 2.14. The second kappa shape index (κ2) is 11.5. The summed E-state index contributed by atoms with van der Waals surface area (Å²) < 4.78 is 13.7. The van der Waals surface area contributed by atoms with Crippen molar-refractivity contribution in [3.8, 4) is 17.1 Å². The van der Waals surface area contributed by atoms with Crippen molar-refractivity contribution in [2.45, 2.75) is 26.8 Å². The van der Waals surface area contributed by atoms with Crippen molar-refractivity contribution in [1.29, 1.82) is 0 Å². The van der Waals surface area contributed by atoms with Crippen LogP contribution >= 0.6 is 34.5 Å². The minimum atomic E-state index is -0.706. The molecule has 0 N–H and O–H groups in total. The number of carbonyl (C=O) groups excluding carboxylic acids is 1. The fourth-order valence-electron chi connectivity index (χ4n) is 4.86. The highest BCUT2D eigenvalue weighted by Crippen LogP contribution is 2.36. The van der Waals surface area contributed by atoms with E-state index in [9.17, 15) is 9.59 Å². The Kier molecular flexibility index (Phi) is 8.03. The van der Waals surface area contributed by atoms with E-state index in [0.717, 1.165) is 0 Å². The van der Waals surface area contributed by atoms with Crippen LogP contribution in [0.25, 0.3) is 17.4 Å². The van der Waals surface area contributed by atoms with Crippen molar-refractivity contribution in [1.82, 2.24) is 9.47 Å². The molecule has 0 radical (unpaired) electrons. The van der Waals surface area contributed by atoms with E-state index in [4.69, 9.17) is 37.3 Å². The molecule has 7 nitrogen and oxygen atoms in total. The molecule has 0 saturated heterocycles. The van der Waals surface area contributed by atoms with Crippen molar-refractivity contribution >= 4 is 46.5 Å². The third-order valence-corrected chi connectivity index (χ3v) is 8.36. The number of hydrogen-bond donors (Lipinski definition) is 0. The lowest BCUT2D eigenvalue weighted by Crippen LogP contribution is -2.43. The number of likely N-dealkylation sites (N-methyl/N-ethyl adjacent to an activating group) is 1. The van der Waals surface area contributed by atoms with Gasteiger partial charge in [0.05, 0.1) is 27.9 Å². The van der Waals surface area contributed by atoms with Gasteiger partial charge in [-0.05, 0) is 57.2 Å². The molecule has 0 spiro atoms. The molecule has 0 saturated carbocycles. The number of fused-ring (bicyclic) bond motifs is 1. The number of ether oxygens (including phenoxy) is 1. The third-order valence-electron chi connectivity index (χ3n) is 6.83. The van der Waals surface area contributed by atoms with E-state index < -0.39 is 6.04 Å². The molecule has 2 aromatic carbocycles. The Bertz CT molecular complexity index is 1810. The highest BCUT2D eigenvalue weighted by Gasteiger charge is 2.35. The zero-order valence-electron chi connectivity index (χ0n) is 22.4. The van der Waals surface area contributed by atoms with Gasteiger partial charge in [-0.25, -0.2) is 4.99 Å². The van der Waals surface area contributed by atoms with Gasteiger partial charge in [-0.15, -0.1) is 0 Å². The molecule has 0 fully saturated rings. The molecule has 1 atom stereocenters. The van der Waals surface area contributed by atoms with Gasteiger partial charge in [0.15, 0.2) is 4.80 Å². The summed E-state index contributed by atoms with van der Waals surface area (Å²) in [7, 11) is 1.58. The summed E-state index contributed by atoms with van der Waals surface area (Å²) in [6.07, 6.45) is 1.68. The highest BCUT2D eigenvalue weighted by atomic mass is 35.5. The summed E-state index contributed by atoms with van der Waals surface area (Å²) in [4.78, 5) is 34.7. The van der Waals surface area contributed by atoms with Crippen molar-refractivity contribution < 1.29 is 13.9 Å². The molecule has 4 aromatic rings. The SMILES string of the molecule is CCN(CC)C(=O)C1=C(C)N=c2s/c(=C/c3ccc(-c4ccc(Cl)cc4Cl)o3)c(=O)n2[C@H]1c1ccccc1OC. The van der Waals surface area contributed by atoms with E-state index in [1.807, 2.05) is 45.0 Å². The molecule has 0 bridgehead atoms. The number of methoxy groups -OCH3 is 1. The number of hydrogen-bond acceptors (Lipinski definition) is 6. The average Bonchev–Trinajstić information content (AvgIpc) is 3.52. The van der Waals surface area contributed by atoms with Crippen molar-refractivity contribution in [2.24, 2.45) is 4.99 Å². The van der Waals surface area contributed by atoms with Crippen LogP contribution in [-0.2, 0) is 4.79 Å². The quantitative estimate of drug-likeness (QED) is 0.275. The van der Waals surface area contributed by atoms with Crippen LogP contribution in [0.15, 0.2) is 80.1 Å². The largest absolute Gasteiger partial charge is 0.496 e. The highest BCUT2D eigenvalue weighted by molar-refractivity contribution is 7.07. The van der Waals surface area contributed by atoms with Crippen molar-refractivity contribution in [2.75, 3.05) is 20.2 Å². The fraction of sp³-hybridized carbons (Fsp3) is 0.233. The predicted molar refractivity (Wildman–Crippen MR) is 159 cm³/mol. The van der Waals surface area contributed by atoms with Gasteiger partial charge >= 0.3 is 0 Å². The number of para-hydroxylation sites is 1. The number of furan rings is 1. The third kappa shape index (κ3) is 5.03. The first-order valence-corrected chi connectivity index (χ1v) is 14.3. The van der Waals surface area contributed by atoms with Gasteiger partial charge in [-0.1, -0.05) is 52.7 Å². The lowest BCUT2D eigenvalue weighted by molar-refractivity contribution is -0.127. The zero-order valence-corrected chi connectivity index (χ0v) is 24.7. The zero-order chi connectivity index (χ0) is 28.6. The van der Waals surface area contributed by atoms with E-state index in [0.29, 0.717) is 72.1 Å².